The number of ketones is 1. The predicted molar refractivity (Wildman–Crippen MR) is 60.7 cm³/mol. The fourth-order valence-electron chi connectivity index (χ4n) is 1.27. The third-order valence-corrected chi connectivity index (χ3v) is 2.13. The molecule has 0 aliphatic carbocycles. The van der Waals surface area contributed by atoms with Crippen LogP contribution in [0.2, 0.25) is 0 Å². The number of Topliss-reactive ketones (excluding diaryl/α,β-unsaturated/α-hetero) is 1. The van der Waals surface area contributed by atoms with Crippen LogP contribution in [0, 0.1) is 10.1 Å². The summed E-state index contributed by atoms with van der Waals surface area (Å²) >= 11 is 0. The van der Waals surface area contributed by atoms with E-state index in [1.807, 2.05) is 0 Å². The summed E-state index contributed by atoms with van der Waals surface area (Å²) in [7, 11) is 0. The first kappa shape index (κ1) is 12.7. The molecule has 7 heteroatoms. The molecule has 0 N–H and O–H groups in total. The first-order valence-electron chi connectivity index (χ1n) is 4.93. The topological polar surface area (TPSA) is 109 Å². The molecule has 0 unspecified atom stereocenters. The number of nitrogens with zero attached hydrogens (tertiary/aromatic N) is 4. The van der Waals surface area contributed by atoms with E-state index in [1.165, 1.54) is 24.3 Å². The van der Waals surface area contributed by atoms with E-state index in [4.69, 9.17) is 5.53 Å². The Morgan fingerprint density at radius 3 is 2.59 bits per heavy atom. The summed E-state index contributed by atoms with van der Waals surface area (Å²) < 4.78 is 0. The first-order chi connectivity index (χ1) is 8.15. The Morgan fingerprint density at radius 1 is 1.41 bits per heavy atom. The highest BCUT2D eigenvalue weighted by molar-refractivity contribution is 5.96. The van der Waals surface area contributed by atoms with Crippen LogP contribution in [-0.2, 0) is 0 Å². The Kier molecular flexibility index (Phi) is 4.65. The zero-order chi connectivity index (χ0) is 12.7. The third kappa shape index (κ3) is 3.92. The minimum absolute atomic E-state index is 0.0457. The van der Waals surface area contributed by atoms with Crippen molar-refractivity contribution in [3.63, 3.8) is 0 Å². The van der Waals surface area contributed by atoms with Gasteiger partial charge in [0.2, 0.25) is 0 Å². The Bertz CT molecular complexity index is 463. The van der Waals surface area contributed by atoms with E-state index in [0.717, 1.165) is 0 Å². The van der Waals surface area contributed by atoms with Crippen molar-refractivity contribution in [2.45, 2.75) is 12.8 Å². The fourth-order valence-corrected chi connectivity index (χ4v) is 1.27. The van der Waals surface area contributed by atoms with E-state index in [9.17, 15) is 14.9 Å². The van der Waals surface area contributed by atoms with Crippen LogP contribution in [-0.4, -0.2) is 17.3 Å². The number of nitro benzene ring substituents is 1. The van der Waals surface area contributed by atoms with Crippen LogP contribution in [0.4, 0.5) is 5.69 Å². The van der Waals surface area contributed by atoms with Gasteiger partial charge in [-0.05, 0) is 24.1 Å². The van der Waals surface area contributed by atoms with Crippen LogP contribution in [0.5, 0.6) is 0 Å². The average Bonchev–Trinajstić information content (AvgIpc) is 2.34. The lowest BCUT2D eigenvalue weighted by molar-refractivity contribution is -0.384. The molecule has 0 atom stereocenters. The molecule has 0 saturated heterocycles. The molecule has 88 valence electrons. The monoisotopic (exact) mass is 234 g/mol. The number of nitro groups is 1. The second-order valence-corrected chi connectivity index (χ2v) is 3.29. The summed E-state index contributed by atoms with van der Waals surface area (Å²) in [6.07, 6.45) is 0.733. The summed E-state index contributed by atoms with van der Waals surface area (Å²) in [6, 6.07) is 5.43. The van der Waals surface area contributed by atoms with Gasteiger partial charge in [0.15, 0.2) is 5.78 Å². The molecule has 0 heterocycles. The van der Waals surface area contributed by atoms with Crippen molar-refractivity contribution in [3.05, 3.63) is 50.4 Å². The molecule has 0 aliphatic heterocycles. The first-order valence-corrected chi connectivity index (χ1v) is 4.93. The number of non-ortho nitro benzene ring substituents is 1. The lowest BCUT2D eigenvalue weighted by Gasteiger charge is -1.99. The van der Waals surface area contributed by atoms with Crippen LogP contribution in [0.15, 0.2) is 29.4 Å². The maximum Gasteiger partial charge on any atom is 0.269 e. The van der Waals surface area contributed by atoms with Crippen molar-refractivity contribution in [1.29, 1.82) is 0 Å². The van der Waals surface area contributed by atoms with E-state index in [1.54, 1.807) is 0 Å². The normalized spacial score (nSPS) is 9.41. The maximum atomic E-state index is 11.6. The number of carbonyl (C=O) groups excluding carboxylic acids is 1. The Balaban J connectivity index is 2.57. The molecule has 1 rings (SSSR count). The largest absolute Gasteiger partial charge is 0.294 e. The van der Waals surface area contributed by atoms with E-state index in [-0.39, 0.29) is 24.4 Å². The predicted octanol–water partition coefficient (Wildman–Crippen LogP) is 2.87. The Hall–Kier alpha value is -2.40. The van der Waals surface area contributed by atoms with Gasteiger partial charge in [-0.15, -0.1) is 0 Å². The second kappa shape index (κ2) is 6.24. The highest BCUT2D eigenvalue weighted by Gasteiger charge is 2.08. The molecular weight excluding hydrogens is 224 g/mol. The number of hydrogen-bond acceptors (Lipinski definition) is 4. The molecule has 0 spiro atoms. The molecule has 1 aromatic carbocycles. The van der Waals surface area contributed by atoms with Gasteiger partial charge < -0.3 is 0 Å². The number of rotatable bonds is 6. The summed E-state index contributed by atoms with van der Waals surface area (Å²) in [5, 5.41) is 13.7. The van der Waals surface area contributed by atoms with Crippen molar-refractivity contribution in [2.75, 3.05) is 6.54 Å². The van der Waals surface area contributed by atoms with Gasteiger partial charge in [-0.1, -0.05) is 5.11 Å². The molecule has 0 aliphatic rings. The minimum Gasteiger partial charge on any atom is -0.294 e. The highest BCUT2D eigenvalue weighted by atomic mass is 16.6. The molecule has 0 aromatic heterocycles. The molecule has 17 heavy (non-hydrogen) atoms. The lowest BCUT2D eigenvalue weighted by Crippen LogP contribution is -2.00. The smallest absolute Gasteiger partial charge is 0.269 e. The van der Waals surface area contributed by atoms with Crippen LogP contribution in [0.3, 0.4) is 0 Å². The quantitative estimate of drug-likeness (QED) is 0.143. The van der Waals surface area contributed by atoms with E-state index >= 15 is 0 Å². The van der Waals surface area contributed by atoms with E-state index in [2.05, 4.69) is 10.0 Å². The second-order valence-electron chi connectivity index (χ2n) is 3.29. The summed E-state index contributed by atoms with van der Waals surface area (Å²) in [5.74, 6) is -0.118. The maximum absolute atomic E-state index is 11.6. The molecule has 7 nitrogen and oxygen atoms in total. The third-order valence-electron chi connectivity index (χ3n) is 2.13. The van der Waals surface area contributed by atoms with Gasteiger partial charge in [0.05, 0.1) is 4.92 Å². The Morgan fingerprint density at radius 2 is 2.06 bits per heavy atom. The van der Waals surface area contributed by atoms with E-state index in [0.29, 0.717) is 12.0 Å². The van der Waals surface area contributed by atoms with Gasteiger partial charge in [-0.25, -0.2) is 0 Å². The summed E-state index contributed by atoms with van der Waals surface area (Å²) in [4.78, 5) is 24.0. The average molecular weight is 234 g/mol. The molecule has 0 amide bonds. The number of azide groups is 1. The minimum atomic E-state index is -0.518. The standard InChI is InChI=1S/C10H10N4O3/c11-13-12-7-1-2-10(15)8-3-5-9(6-4-8)14(16)17/h3-6H,1-2,7H2. The number of carbonyl (C=O) groups is 1. The molecule has 0 bridgehead atoms. The van der Waals surface area contributed by atoms with Crippen LogP contribution < -0.4 is 0 Å². The highest BCUT2D eigenvalue weighted by Crippen LogP contribution is 2.13. The van der Waals surface area contributed by atoms with Crippen molar-refractivity contribution < 1.29 is 9.72 Å². The van der Waals surface area contributed by atoms with Gasteiger partial charge >= 0.3 is 0 Å². The van der Waals surface area contributed by atoms with Crippen molar-refractivity contribution >= 4 is 11.5 Å². The SMILES string of the molecule is [N-]=[N+]=NCCCC(=O)c1ccc([N+](=O)[O-])cc1. The van der Waals surface area contributed by atoms with E-state index < -0.39 is 4.92 Å². The van der Waals surface area contributed by atoms with Crippen molar-refractivity contribution in [3.8, 4) is 0 Å². The van der Waals surface area contributed by atoms with Crippen LogP contribution >= 0.6 is 0 Å². The zero-order valence-corrected chi connectivity index (χ0v) is 8.94. The van der Waals surface area contributed by atoms with Gasteiger partial charge in [0.1, 0.15) is 0 Å². The molecular formula is C10H10N4O3. The van der Waals surface area contributed by atoms with Gasteiger partial charge in [0.25, 0.3) is 5.69 Å². The zero-order valence-electron chi connectivity index (χ0n) is 8.94. The molecule has 0 radical (unpaired) electrons. The number of hydrogen-bond donors (Lipinski definition) is 0. The van der Waals surface area contributed by atoms with Gasteiger partial charge in [0, 0.05) is 35.6 Å². The Labute approximate surface area is 96.8 Å². The summed E-state index contributed by atoms with van der Waals surface area (Å²) in [6.45, 7) is 0.273. The molecule has 1 aromatic rings. The number of benzene rings is 1. The fraction of sp³-hybridized carbons (Fsp3) is 0.300. The molecule has 0 fully saturated rings. The molecule has 0 saturated carbocycles. The van der Waals surface area contributed by atoms with Gasteiger partial charge in [-0.3, -0.25) is 14.9 Å². The van der Waals surface area contributed by atoms with Gasteiger partial charge in [-0.2, -0.15) is 0 Å². The van der Waals surface area contributed by atoms with Crippen LogP contribution in [0.25, 0.3) is 10.4 Å². The summed E-state index contributed by atoms with van der Waals surface area (Å²) in [5.41, 5.74) is 8.42. The van der Waals surface area contributed by atoms with Crippen LogP contribution in [0.1, 0.15) is 23.2 Å². The lowest BCUT2D eigenvalue weighted by atomic mass is 10.1. The van der Waals surface area contributed by atoms with Crippen molar-refractivity contribution in [1.82, 2.24) is 0 Å². The van der Waals surface area contributed by atoms with Crippen molar-refractivity contribution in [2.24, 2.45) is 5.11 Å².